The highest BCUT2D eigenvalue weighted by molar-refractivity contribution is 5.80. The zero-order valence-electron chi connectivity index (χ0n) is 45.9. The fraction of sp³-hybridized carbons (Fsp3) is 0.800. The highest BCUT2D eigenvalue weighted by Gasteiger charge is 2.33. The summed E-state index contributed by atoms with van der Waals surface area (Å²) in [5.74, 6) is 1.11. The number of ether oxygens (including phenoxy) is 14. The van der Waals surface area contributed by atoms with Gasteiger partial charge in [0.2, 0.25) is 17.8 Å². The van der Waals surface area contributed by atoms with E-state index in [-0.39, 0.29) is 151 Å². The molecule has 2 aliphatic rings. The number of methoxy groups -OCH3 is 14. The monoisotopic (exact) mass is 1090 g/mol. The molecule has 436 valence electrons. The molecule has 0 aromatic carbocycles. The van der Waals surface area contributed by atoms with Crippen LogP contribution >= 0.6 is 0 Å². The molecule has 0 spiro atoms. The molecule has 0 radical (unpaired) electrons. The third kappa shape index (κ3) is 27.5. The Balaban J connectivity index is 0.00000103. The maximum atomic E-state index is 12.5. The molecule has 35 nitrogen and oxygen atoms in total. The third-order valence-corrected chi connectivity index (χ3v) is 8.74. The van der Waals surface area contributed by atoms with Crippen molar-refractivity contribution < 1.29 is 90.3 Å². The summed E-state index contributed by atoms with van der Waals surface area (Å²) in [4.78, 5) is 85.1. The van der Waals surface area contributed by atoms with Crippen molar-refractivity contribution in [1.29, 1.82) is 0 Å². The fourth-order valence-corrected chi connectivity index (χ4v) is 5.88. The predicted molar refractivity (Wildman–Crippen MR) is 264 cm³/mol. The molecule has 3 heterocycles. The lowest BCUT2D eigenvalue weighted by atomic mass is 10.5. The van der Waals surface area contributed by atoms with Crippen molar-refractivity contribution in [2.75, 3.05) is 235 Å². The van der Waals surface area contributed by atoms with E-state index in [0.717, 1.165) is 0 Å². The van der Waals surface area contributed by atoms with E-state index in [1.165, 1.54) is 86.3 Å². The van der Waals surface area contributed by atoms with Gasteiger partial charge in [-0.25, -0.2) is 24.0 Å². The van der Waals surface area contributed by atoms with E-state index >= 15 is 0 Å². The Morgan fingerprint density at radius 3 is 0.773 bits per heavy atom. The first-order valence-corrected chi connectivity index (χ1v) is 22.2. The second-order valence-corrected chi connectivity index (χ2v) is 14.8. The summed E-state index contributed by atoms with van der Waals surface area (Å²) in [5.41, 5.74) is 0. The van der Waals surface area contributed by atoms with E-state index in [1.807, 2.05) is 0 Å². The first-order chi connectivity index (χ1) is 36.2. The Morgan fingerprint density at radius 2 is 0.587 bits per heavy atom. The fourth-order valence-electron chi connectivity index (χ4n) is 5.88. The molecule has 4 N–H and O–H groups in total. The summed E-state index contributed by atoms with van der Waals surface area (Å²) in [7, 11) is 21.4. The smallest absolute Gasteiger partial charge is 0.327 e. The molecule has 0 saturated carbocycles. The van der Waals surface area contributed by atoms with Crippen LogP contribution in [0.4, 0.5) is 41.8 Å². The number of urea groups is 5. The number of carbonyl (C=O) groups is 5. The molecule has 3 rings (SSSR count). The van der Waals surface area contributed by atoms with Gasteiger partial charge in [0.05, 0.1) is 13.3 Å². The van der Waals surface area contributed by atoms with E-state index in [4.69, 9.17) is 66.3 Å². The highest BCUT2D eigenvalue weighted by Crippen LogP contribution is 2.20. The summed E-state index contributed by atoms with van der Waals surface area (Å²) in [6.45, 7) is 2.61. The minimum Gasteiger partial charge on any atom is -0.364 e. The lowest BCUT2D eigenvalue weighted by Gasteiger charge is -2.40. The van der Waals surface area contributed by atoms with Crippen LogP contribution in [0.15, 0.2) is 0 Å². The minimum atomic E-state index is -0.307. The molecule has 35 heteroatoms. The van der Waals surface area contributed by atoms with Crippen molar-refractivity contribution in [3.05, 3.63) is 0 Å². The van der Waals surface area contributed by atoms with Gasteiger partial charge in [-0.3, -0.25) is 44.1 Å². The Labute approximate surface area is 438 Å². The van der Waals surface area contributed by atoms with Gasteiger partial charge in [-0.05, 0) is 0 Å². The number of anilines is 3. The van der Waals surface area contributed by atoms with Crippen LogP contribution in [0.2, 0.25) is 0 Å². The number of hydrogen-bond donors (Lipinski definition) is 4. The van der Waals surface area contributed by atoms with Crippen LogP contribution in [0.25, 0.3) is 0 Å². The van der Waals surface area contributed by atoms with Gasteiger partial charge in [-0.1, -0.05) is 0 Å². The minimum absolute atomic E-state index is 0.0414. The first-order valence-electron chi connectivity index (χ1n) is 22.2. The molecule has 0 unspecified atom stereocenters. The largest absolute Gasteiger partial charge is 0.364 e. The zero-order valence-corrected chi connectivity index (χ0v) is 45.9. The van der Waals surface area contributed by atoms with Crippen LogP contribution in [-0.4, -0.2) is 295 Å². The van der Waals surface area contributed by atoms with Gasteiger partial charge in [0.25, 0.3) is 0 Å². The van der Waals surface area contributed by atoms with Crippen molar-refractivity contribution in [2.24, 2.45) is 0 Å². The summed E-state index contributed by atoms with van der Waals surface area (Å²) < 4.78 is 71.1. The Bertz CT molecular complexity index is 1470. The van der Waals surface area contributed by atoms with Gasteiger partial charge < -0.3 is 87.6 Å². The van der Waals surface area contributed by atoms with Crippen molar-refractivity contribution in [3.8, 4) is 0 Å². The van der Waals surface area contributed by atoms with Gasteiger partial charge in [0, 0.05) is 99.5 Å². The van der Waals surface area contributed by atoms with E-state index < -0.39 is 0 Å². The summed E-state index contributed by atoms with van der Waals surface area (Å²) >= 11 is 0. The lowest BCUT2D eigenvalue weighted by molar-refractivity contribution is -0.0463. The summed E-state index contributed by atoms with van der Waals surface area (Å²) in [5, 5.41) is 9.57. The van der Waals surface area contributed by atoms with Crippen LogP contribution in [0, 0.1) is 0 Å². The topological polar surface area (TPSA) is 331 Å². The molecular weight excluding hydrogens is 1010 g/mol. The lowest BCUT2D eigenvalue weighted by Crippen LogP contribution is -2.60. The first kappa shape index (κ1) is 69.2. The average molecular weight is 1090 g/mol. The Kier molecular flexibility index (Phi) is 40.1. The number of carbonyl (C=O) groups excluding carboxylic acids is 5. The molecular formula is C40H82N16O19. The summed E-state index contributed by atoms with van der Waals surface area (Å²) in [6, 6.07) is -1.48. The molecule has 2 saturated heterocycles. The van der Waals surface area contributed by atoms with E-state index in [1.54, 1.807) is 57.4 Å². The van der Waals surface area contributed by atoms with E-state index in [2.05, 4.69) is 36.2 Å². The molecule has 2 aliphatic heterocycles. The van der Waals surface area contributed by atoms with Crippen molar-refractivity contribution in [3.63, 3.8) is 0 Å². The number of hydrogen-bond acceptors (Lipinski definition) is 25. The van der Waals surface area contributed by atoms with E-state index in [9.17, 15) is 24.0 Å². The quantitative estimate of drug-likeness (QED) is 0.0604. The average Bonchev–Trinajstić information content (AvgIpc) is 3.39. The van der Waals surface area contributed by atoms with Crippen LogP contribution < -0.4 is 36.0 Å². The van der Waals surface area contributed by atoms with Gasteiger partial charge >= 0.3 is 30.2 Å². The van der Waals surface area contributed by atoms with Crippen LogP contribution in [0.3, 0.4) is 0 Å². The molecule has 0 aliphatic carbocycles. The number of nitrogens with one attached hydrogen (secondary N) is 4. The highest BCUT2D eigenvalue weighted by atomic mass is 16.5. The van der Waals surface area contributed by atoms with Crippen molar-refractivity contribution in [2.45, 2.75) is 0 Å². The standard InChI is InChI=1S/C15H30N6O6.C12H24N4O6.C9H20N2O5.C4H8N4O2/c1-22-7-19(8-23-2)13-16-14(20(9-24-3)10-25-4)18-15(17-13)21(11-26-5)12-27-6;1-19-7-13-5-14(8-20-2)12(18)16(10-22-4)6-15(9-21-3)11(13)17;1-13-5-10(6-14-2)9(12)11(7-15-3)8-16-4;9-3-5-1-6-4(10)8-2-7-3/h7-12H2,1-6H3;5-10H2,1-4H3;5-8H2,1-4H3;1-2H2,(H2,5,7,9)(H2,6,8,10). The molecule has 0 atom stereocenters. The maximum Gasteiger partial charge on any atom is 0.327 e. The van der Waals surface area contributed by atoms with Gasteiger partial charge in [-0.15, -0.1) is 0 Å². The SMILES string of the molecule is COCN(COC)C(=O)N(COC)COC.COCN(COC)c1nc(N(COC)COC)nc(N(COC)COC)n1.COCN1CN(COC)C(=O)N(COC)CN(COC)C1=O.O=C1NCNC(=O)NCN1. The molecule has 2 fully saturated rings. The summed E-state index contributed by atoms with van der Waals surface area (Å²) in [6.07, 6.45) is 0. The number of amides is 10. The van der Waals surface area contributed by atoms with Crippen molar-refractivity contribution >= 4 is 48.0 Å². The maximum absolute atomic E-state index is 12.5. The molecule has 1 aromatic heterocycles. The normalized spacial score (nSPS) is 13.6. The van der Waals surface area contributed by atoms with Crippen LogP contribution in [0.5, 0.6) is 0 Å². The second kappa shape index (κ2) is 43.4. The Morgan fingerprint density at radius 1 is 0.373 bits per heavy atom. The van der Waals surface area contributed by atoms with E-state index in [0.29, 0.717) is 17.8 Å². The molecule has 75 heavy (non-hydrogen) atoms. The molecule has 0 bridgehead atoms. The van der Waals surface area contributed by atoms with Crippen LogP contribution in [0.1, 0.15) is 0 Å². The second-order valence-electron chi connectivity index (χ2n) is 14.8. The third-order valence-electron chi connectivity index (χ3n) is 8.74. The zero-order chi connectivity index (χ0) is 56.4. The van der Waals surface area contributed by atoms with Crippen LogP contribution in [-0.2, 0) is 66.3 Å². The van der Waals surface area contributed by atoms with Gasteiger partial charge in [0.1, 0.15) is 108 Å². The molecule has 1 aromatic rings. The van der Waals surface area contributed by atoms with Gasteiger partial charge in [0.15, 0.2) is 0 Å². The number of aromatic nitrogens is 3. The number of nitrogens with zero attached hydrogens (tertiary/aromatic N) is 12. The molecule has 10 amide bonds. The number of rotatable bonds is 31. The Hall–Kier alpha value is -5.80. The van der Waals surface area contributed by atoms with Crippen molar-refractivity contribution in [1.82, 2.24) is 65.6 Å². The predicted octanol–water partition coefficient (Wildman–Crippen LogP) is -1.67. The van der Waals surface area contributed by atoms with Gasteiger partial charge in [-0.2, -0.15) is 15.0 Å².